The number of rotatable bonds is 5. The molecule has 0 aromatic heterocycles. The molecule has 0 saturated carbocycles. The fourth-order valence-corrected chi connectivity index (χ4v) is 2.49. The standard InChI is InChI=1S/C11H15NOS.C7H10O/c1-9-11(14,13-8-7-12-9)10-5-3-2-4-6-10;1-3-5-7(8)6-4-2/h2-6,9,12,14H,7-8H2,1H3;3-4H,1-2,5-6H2. The van der Waals surface area contributed by atoms with Gasteiger partial charge in [0, 0.05) is 25.4 Å². The van der Waals surface area contributed by atoms with E-state index in [4.69, 9.17) is 4.74 Å². The van der Waals surface area contributed by atoms with Crippen LogP contribution < -0.4 is 5.32 Å². The predicted octanol–water partition coefficient (Wildman–Crippen LogP) is 3.49. The van der Waals surface area contributed by atoms with Crippen LogP contribution in [0, 0.1) is 0 Å². The van der Waals surface area contributed by atoms with Gasteiger partial charge in [-0.05, 0) is 12.5 Å². The van der Waals surface area contributed by atoms with Crippen LogP contribution in [-0.2, 0) is 14.5 Å². The van der Waals surface area contributed by atoms with Gasteiger partial charge in [0.1, 0.15) is 5.78 Å². The summed E-state index contributed by atoms with van der Waals surface area (Å²) in [5, 5.41) is 3.37. The Bertz CT molecular complexity index is 477. The zero-order chi connectivity index (χ0) is 16.4. The van der Waals surface area contributed by atoms with Gasteiger partial charge in [-0.3, -0.25) is 4.79 Å². The lowest BCUT2D eigenvalue weighted by molar-refractivity contribution is -0.117. The van der Waals surface area contributed by atoms with Gasteiger partial charge in [0.25, 0.3) is 0 Å². The van der Waals surface area contributed by atoms with Gasteiger partial charge in [-0.2, -0.15) is 0 Å². The van der Waals surface area contributed by atoms with Gasteiger partial charge in [0.15, 0.2) is 4.93 Å². The van der Waals surface area contributed by atoms with Gasteiger partial charge in [0.05, 0.1) is 6.61 Å². The second-order valence-electron chi connectivity index (χ2n) is 5.11. The predicted molar refractivity (Wildman–Crippen MR) is 95.2 cm³/mol. The van der Waals surface area contributed by atoms with E-state index in [0.29, 0.717) is 19.4 Å². The van der Waals surface area contributed by atoms with Crippen LogP contribution in [0.3, 0.4) is 0 Å². The fourth-order valence-electron chi connectivity index (χ4n) is 2.16. The van der Waals surface area contributed by atoms with Crippen molar-refractivity contribution in [3.05, 3.63) is 61.2 Å². The van der Waals surface area contributed by atoms with Gasteiger partial charge in [-0.1, -0.05) is 42.5 Å². The topological polar surface area (TPSA) is 38.3 Å². The molecule has 2 unspecified atom stereocenters. The van der Waals surface area contributed by atoms with Crippen molar-refractivity contribution in [2.24, 2.45) is 0 Å². The molecule has 0 spiro atoms. The second kappa shape index (κ2) is 9.62. The maximum absolute atomic E-state index is 10.5. The third kappa shape index (κ3) is 5.44. The number of carbonyl (C=O) groups excluding carboxylic acids is 1. The number of morpholine rings is 1. The molecule has 120 valence electrons. The molecule has 4 heteroatoms. The number of ether oxygens (including phenoxy) is 1. The van der Waals surface area contributed by atoms with E-state index >= 15 is 0 Å². The highest BCUT2D eigenvalue weighted by Crippen LogP contribution is 2.35. The summed E-state index contributed by atoms with van der Waals surface area (Å²) in [5.41, 5.74) is 1.11. The molecular formula is C18H25NO2S. The molecule has 1 aliphatic rings. The first kappa shape index (κ1) is 18.7. The van der Waals surface area contributed by atoms with Crippen LogP contribution in [0.5, 0.6) is 0 Å². The van der Waals surface area contributed by atoms with Crippen LogP contribution in [0.4, 0.5) is 0 Å². The van der Waals surface area contributed by atoms with Gasteiger partial charge in [-0.15, -0.1) is 25.8 Å². The summed E-state index contributed by atoms with van der Waals surface area (Å²) < 4.78 is 5.77. The largest absolute Gasteiger partial charge is 0.357 e. The molecule has 1 aromatic rings. The van der Waals surface area contributed by atoms with E-state index in [1.165, 1.54) is 0 Å². The lowest BCUT2D eigenvalue weighted by Gasteiger charge is -2.39. The van der Waals surface area contributed by atoms with Crippen LogP contribution >= 0.6 is 12.6 Å². The zero-order valence-electron chi connectivity index (χ0n) is 13.1. The quantitative estimate of drug-likeness (QED) is 0.644. The zero-order valence-corrected chi connectivity index (χ0v) is 14.0. The van der Waals surface area contributed by atoms with Gasteiger partial charge >= 0.3 is 0 Å². The molecule has 1 saturated heterocycles. The number of hydrogen-bond donors (Lipinski definition) is 2. The average molecular weight is 319 g/mol. The minimum atomic E-state index is -0.487. The van der Waals surface area contributed by atoms with Crippen molar-refractivity contribution < 1.29 is 9.53 Å². The lowest BCUT2D eigenvalue weighted by Crippen LogP contribution is -2.51. The molecule has 0 radical (unpaired) electrons. The van der Waals surface area contributed by atoms with E-state index in [9.17, 15) is 4.79 Å². The van der Waals surface area contributed by atoms with Crippen LogP contribution in [0.25, 0.3) is 0 Å². The maximum Gasteiger partial charge on any atom is 0.151 e. The third-order valence-electron chi connectivity index (χ3n) is 3.39. The Morgan fingerprint density at radius 1 is 1.36 bits per heavy atom. The Hall–Kier alpha value is -1.36. The number of benzene rings is 1. The van der Waals surface area contributed by atoms with E-state index in [0.717, 1.165) is 12.1 Å². The van der Waals surface area contributed by atoms with E-state index in [1.807, 2.05) is 18.2 Å². The summed E-state index contributed by atoms with van der Waals surface area (Å²) in [6.07, 6.45) is 4.13. The molecule has 22 heavy (non-hydrogen) atoms. The number of allylic oxidation sites excluding steroid dienone is 2. The first-order valence-corrected chi connectivity index (χ1v) is 7.88. The molecule has 2 atom stereocenters. The Labute approximate surface area is 138 Å². The van der Waals surface area contributed by atoms with E-state index in [-0.39, 0.29) is 11.8 Å². The molecule has 3 nitrogen and oxygen atoms in total. The van der Waals surface area contributed by atoms with Crippen molar-refractivity contribution in [2.45, 2.75) is 30.7 Å². The maximum atomic E-state index is 10.5. The molecule has 0 amide bonds. The Balaban J connectivity index is 0.000000261. The van der Waals surface area contributed by atoms with E-state index in [1.54, 1.807) is 12.2 Å². The van der Waals surface area contributed by atoms with Crippen molar-refractivity contribution in [1.29, 1.82) is 0 Å². The molecule has 1 fully saturated rings. The Kier molecular flexibility index (Phi) is 8.17. The Morgan fingerprint density at radius 3 is 2.45 bits per heavy atom. The fraction of sp³-hybridized carbons (Fsp3) is 0.389. The summed E-state index contributed by atoms with van der Waals surface area (Å²) in [5.74, 6) is 0.176. The monoisotopic (exact) mass is 319 g/mol. The van der Waals surface area contributed by atoms with Crippen molar-refractivity contribution in [1.82, 2.24) is 5.32 Å². The minimum Gasteiger partial charge on any atom is -0.357 e. The van der Waals surface area contributed by atoms with Gasteiger partial charge in [-0.25, -0.2) is 0 Å². The molecule has 1 aromatic carbocycles. The Morgan fingerprint density at radius 2 is 1.95 bits per heavy atom. The van der Waals surface area contributed by atoms with E-state index < -0.39 is 4.93 Å². The number of carbonyl (C=O) groups is 1. The first-order chi connectivity index (χ1) is 10.5. The minimum absolute atomic E-state index is 0.176. The van der Waals surface area contributed by atoms with Crippen LogP contribution in [0.15, 0.2) is 55.6 Å². The number of nitrogens with one attached hydrogen (secondary N) is 1. The SMILES string of the molecule is C=CCC(=O)CC=C.CC1NCCOC1(S)c1ccccc1. The van der Waals surface area contributed by atoms with Crippen LogP contribution in [-0.4, -0.2) is 25.0 Å². The summed E-state index contributed by atoms with van der Waals surface area (Å²) in [7, 11) is 0. The normalized spacial score (nSPS) is 23.8. The molecule has 2 rings (SSSR count). The highest BCUT2D eigenvalue weighted by Gasteiger charge is 2.37. The molecular weight excluding hydrogens is 294 g/mol. The smallest absolute Gasteiger partial charge is 0.151 e. The molecule has 1 aliphatic heterocycles. The summed E-state index contributed by atoms with van der Waals surface area (Å²) in [6.45, 7) is 10.6. The highest BCUT2D eigenvalue weighted by atomic mass is 32.1. The van der Waals surface area contributed by atoms with E-state index in [2.05, 4.69) is 50.2 Å². The third-order valence-corrected chi connectivity index (χ3v) is 4.17. The highest BCUT2D eigenvalue weighted by molar-refractivity contribution is 7.81. The summed E-state index contributed by atoms with van der Waals surface area (Å²) >= 11 is 4.65. The van der Waals surface area contributed by atoms with Gasteiger partial charge in [0.2, 0.25) is 0 Å². The number of hydrogen-bond acceptors (Lipinski definition) is 4. The number of Topliss-reactive ketones (excluding diaryl/α,β-unsaturated/α-hetero) is 1. The molecule has 1 N–H and O–H groups in total. The van der Waals surface area contributed by atoms with Crippen molar-refractivity contribution in [3.63, 3.8) is 0 Å². The van der Waals surface area contributed by atoms with Crippen LogP contribution in [0.2, 0.25) is 0 Å². The number of ketones is 1. The summed E-state index contributed by atoms with van der Waals surface area (Å²) in [4.78, 5) is 10.0. The van der Waals surface area contributed by atoms with Gasteiger partial charge < -0.3 is 10.1 Å². The molecule has 0 aliphatic carbocycles. The van der Waals surface area contributed by atoms with Crippen molar-refractivity contribution in [2.75, 3.05) is 13.2 Å². The van der Waals surface area contributed by atoms with Crippen molar-refractivity contribution >= 4 is 18.4 Å². The van der Waals surface area contributed by atoms with Crippen LogP contribution in [0.1, 0.15) is 25.3 Å². The number of thiol groups is 1. The molecule has 0 bridgehead atoms. The second-order valence-corrected chi connectivity index (χ2v) is 5.78. The molecule has 1 heterocycles. The average Bonchev–Trinajstić information content (AvgIpc) is 2.52. The van der Waals surface area contributed by atoms with Crippen molar-refractivity contribution in [3.8, 4) is 0 Å². The summed E-state index contributed by atoms with van der Waals surface area (Å²) in [6, 6.07) is 10.4. The lowest BCUT2D eigenvalue weighted by atomic mass is 10.0. The first-order valence-electron chi connectivity index (χ1n) is 7.43.